The Hall–Kier alpha value is -2.25. The summed E-state index contributed by atoms with van der Waals surface area (Å²) >= 11 is 0. The fourth-order valence-electron chi connectivity index (χ4n) is 2.07. The number of hydrogen-bond acceptors (Lipinski definition) is 2. The van der Waals surface area contributed by atoms with Gasteiger partial charge >= 0.3 is 18.2 Å². The third-order valence-corrected chi connectivity index (χ3v) is 3.30. The quantitative estimate of drug-likeness (QED) is 0.841. The molecule has 1 atom stereocenters. The lowest BCUT2D eigenvalue weighted by atomic mass is 9.98. The SMILES string of the molecule is Cc1ccccc1C(CC(F)(F)F)NC(=O)N(C)CCC(=O)O. The second-order valence-electron chi connectivity index (χ2n) is 5.24. The maximum atomic E-state index is 12.8. The van der Waals surface area contributed by atoms with E-state index >= 15 is 0 Å². The summed E-state index contributed by atoms with van der Waals surface area (Å²) in [7, 11) is 1.33. The van der Waals surface area contributed by atoms with Crippen molar-refractivity contribution in [2.75, 3.05) is 13.6 Å². The lowest BCUT2D eigenvalue weighted by molar-refractivity contribution is -0.140. The van der Waals surface area contributed by atoms with Crippen LogP contribution >= 0.6 is 0 Å². The molecule has 0 aliphatic heterocycles. The number of hydrogen-bond donors (Lipinski definition) is 2. The molecule has 0 aliphatic rings. The van der Waals surface area contributed by atoms with E-state index in [0.29, 0.717) is 11.1 Å². The minimum atomic E-state index is -4.44. The third-order valence-electron chi connectivity index (χ3n) is 3.30. The van der Waals surface area contributed by atoms with Gasteiger partial charge in [-0.2, -0.15) is 13.2 Å². The Labute approximate surface area is 132 Å². The molecule has 1 aromatic rings. The number of aliphatic carboxylic acids is 1. The van der Waals surface area contributed by atoms with Gasteiger partial charge in [0.2, 0.25) is 0 Å². The van der Waals surface area contributed by atoms with Crippen LogP contribution in [0.5, 0.6) is 0 Å². The number of benzene rings is 1. The highest BCUT2D eigenvalue weighted by atomic mass is 19.4. The molecule has 5 nitrogen and oxygen atoms in total. The lowest BCUT2D eigenvalue weighted by Gasteiger charge is -2.25. The monoisotopic (exact) mass is 332 g/mol. The van der Waals surface area contributed by atoms with Crippen LogP contribution in [0.25, 0.3) is 0 Å². The summed E-state index contributed by atoms with van der Waals surface area (Å²) in [5, 5.41) is 10.9. The molecule has 0 spiro atoms. The van der Waals surface area contributed by atoms with E-state index in [0.717, 1.165) is 4.90 Å². The fraction of sp³-hybridized carbons (Fsp3) is 0.467. The van der Waals surface area contributed by atoms with Crippen LogP contribution in [-0.4, -0.2) is 41.8 Å². The van der Waals surface area contributed by atoms with E-state index in [1.54, 1.807) is 25.1 Å². The second-order valence-corrected chi connectivity index (χ2v) is 5.24. The Morgan fingerprint density at radius 1 is 1.30 bits per heavy atom. The highest BCUT2D eigenvalue weighted by molar-refractivity contribution is 5.75. The van der Waals surface area contributed by atoms with Gasteiger partial charge in [0.25, 0.3) is 0 Å². The van der Waals surface area contributed by atoms with E-state index in [9.17, 15) is 22.8 Å². The second kappa shape index (κ2) is 7.85. The molecule has 0 radical (unpaired) electrons. The Morgan fingerprint density at radius 2 is 1.91 bits per heavy atom. The molecule has 0 saturated carbocycles. The van der Waals surface area contributed by atoms with E-state index in [2.05, 4.69) is 5.32 Å². The summed E-state index contributed by atoms with van der Waals surface area (Å²) in [6.45, 7) is 1.58. The molecule has 128 valence electrons. The predicted molar refractivity (Wildman–Crippen MR) is 78.0 cm³/mol. The highest BCUT2D eigenvalue weighted by Crippen LogP contribution is 2.31. The molecular weight excluding hydrogens is 313 g/mol. The summed E-state index contributed by atoms with van der Waals surface area (Å²) in [5.41, 5.74) is 1.01. The van der Waals surface area contributed by atoms with Crippen molar-refractivity contribution in [1.82, 2.24) is 10.2 Å². The van der Waals surface area contributed by atoms with E-state index in [1.807, 2.05) is 0 Å². The molecular formula is C15H19F3N2O3. The van der Waals surface area contributed by atoms with Crippen LogP contribution in [0.4, 0.5) is 18.0 Å². The molecule has 0 aliphatic carbocycles. The number of urea groups is 1. The van der Waals surface area contributed by atoms with Crippen molar-refractivity contribution in [2.45, 2.75) is 32.0 Å². The lowest BCUT2D eigenvalue weighted by Crippen LogP contribution is -2.41. The molecule has 0 heterocycles. The van der Waals surface area contributed by atoms with Gasteiger partial charge in [-0.15, -0.1) is 0 Å². The molecule has 23 heavy (non-hydrogen) atoms. The fourth-order valence-corrected chi connectivity index (χ4v) is 2.07. The molecule has 1 aromatic carbocycles. The van der Waals surface area contributed by atoms with E-state index in [4.69, 9.17) is 5.11 Å². The minimum Gasteiger partial charge on any atom is -0.481 e. The third kappa shape index (κ3) is 6.58. The first-order valence-corrected chi connectivity index (χ1v) is 6.96. The molecule has 0 fully saturated rings. The van der Waals surface area contributed by atoms with Gasteiger partial charge in [0.05, 0.1) is 18.9 Å². The zero-order valence-electron chi connectivity index (χ0n) is 12.9. The van der Waals surface area contributed by atoms with E-state index < -0.39 is 30.6 Å². The summed E-state index contributed by atoms with van der Waals surface area (Å²) in [6, 6.07) is 4.53. The van der Waals surface area contributed by atoms with Crippen molar-refractivity contribution in [2.24, 2.45) is 0 Å². The zero-order valence-corrected chi connectivity index (χ0v) is 12.9. The average molecular weight is 332 g/mol. The van der Waals surface area contributed by atoms with Gasteiger partial charge in [0, 0.05) is 13.6 Å². The number of amides is 2. The predicted octanol–water partition coefficient (Wildman–Crippen LogP) is 3.10. The molecule has 1 rings (SSSR count). The number of halogens is 3. The number of nitrogens with zero attached hydrogens (tertiary/aromatic N) is 1. The average Bonchev–Trinajstić information content (AvgIpc) is 2.42. The van der Waals surface area contributed by atoms with Gasteiger partial charge in [-0.1, -0.05) is 24.3 Å². The summed E-state index contributed by atoms with van der Waals surface area (Å²) < 4.78 is 38.4. The smallest absolute Gasteiger partial charge is 0.391 e. The van der Waals surface area contributed by atoms with Crippen molar-refractivity contribution in [1.29, 1.82) is 0 Å². The Balaban J connectivity index is 2.87. The van der Waals surface area contributed by atoms with Crippen molar-refractivity contribution in [3.8, 4) is 0 Å². The molecule has 2 N–H and O–H groups in total. The number of aryl methyl sites for hydroxylation is 1. The zero-order chi connectivity index (χ0) is 17.6. The largest absolute Gasteiger partial charge is 0.481 e. The van der Waals surface area contributed by atoms with Gasteiger partial charge in [-0.05, 0) is 18.1 Å². The summed E-state index contributed by atoms with van der Waals surface area (Å²) in [5.74, 6) is -1.09. The molecule has 1 unspecified atom stereocenters. The van der Waals surface area contributed by atoms with Crippen LogP contribution in [-0.2, 0) is 4.79 Å². The van der Waals surface area contributed by atoms with E-state index in [1.165, 1.54) is 13.1 Å². The van der Waals surface area contributed by atoms with E-state index in [-0.39, 0.29) is 13.0 Å². The van der Waals surface area contributed by atoms with Gasteiger partial charge in [-0.25, -0.2) is 4.79 Å². The maximum Gasteiger partial charge on any atom is 0.391 e. The number of nitrogens with one attached hydrogen (secondary N) is 1. The highest BCUT2D eigenvalue weighted by Gasteiger charge is 2.34. The summed E-state index contributed by atoms with van der Waals surface area (Å²) in [6.07, 6.45) is -5.92. The van der Waals surface area contributed by atoms with Gasteiger partial charge in [0.15, 0.2) is 0 Å². The topological polar surface area (TPSA) is 69.6 Å². The van der Waals surface area contributed by atoms with Crippen molar-refractivity contribution >= 4 is 12.0 Å². The van der Waals surface area contributed by atoms with Crippen LogP contribution < -0.4 is 5.32 Å². The normalized spacial score (nSPS) is 12.6. The number of carbonyl (C=O) groups is 2. The number of alkyl halides is 3. The molecule has 0 bridgehead atoms. The van der Waals surface area contributed by atoms with Gasteiger partial charge < -0.3 is 15.3 Å². The molecule has 0 saturated heterocycles. The van der Waals surface area contributed by atoms with Crippen molar-refractivity contribution in [3.05, 3.63) is 35.4 Å². The molecule has 2 amide bonds. The Morgan fingerprint density at radius 3 is 2.43 bits per heavy atom. The summed E-state index contributed by atoms with van der Waals surface area (Å²) in [4.78, 5) is 23.5. The Kier molecular flexibility index (Phi) is 6.41. The van der Waals surface area contributed by atoms with Gasteiger partial charge in [0.1, 0.15) is 0 Å². The van der Waals surface area contributed by atoms with Crippen LogP contribution in [0.3, 0.4) is 0 Å². The number of carbonyl (C=O) groups excluding carboxylic acids is 1. The first-order chi connectivity index (χ1) is 10.6. The first-order valence-electron chi connectivity index (χ1n) is 6.96. The van der Waals surface area contributed by atoms with Crippen LogP contribution in [0, 0.1) is 6.92 Å². The van der Waals surface area contributed by atoms with Gasteiger partial charge in [-0.3, -0.25) is 4.79 Å². The number of rotatable bonds is 6. The van der Waals surface area contributed by atoms with Crippen LogP contribution in [0.1, 0.15) is 30.0 Å². The van der Waals surface area contributed by atoms with Crippen molar-refractivity contribution in [3.63, 3.8) is 0 Å². The minimum absolute atomic E-state index is 0.0896. The maximum absolute atomic E-state index is 12.8. The standard InChI is InChI=1S/C15H19F3N2O3/c1-10-5-3-4-6-11(10)12(9-15(16,17)18)19-14(23)20(2)8-7-13(21)22/h3-6,12H,7-9H2,1-2H3,(H,19,23)(H,21,22). The van der Waals surface area contributed by atoms with Crippen LogP contribution in [0.2, 0.25) is 0 Å². The van der Waals surface area contributed by atoms with Crippen LogP contribution in [0.15, 0.2) is 24.3 Å². The first kappa shape index (κ1) is 18.8. The Bertz CT molecular complexity index is 561. The number of carboxylic acid groups (broad SMARTS) is 1. The number of carboxylic acids is 1. The molecule has 8 heteroatoms. The molecule has 0 aromatic heterocycles. The van der Waals surface area contributed by atoms with Crippen molar-refractivity contribution < 1.29 is 27.9 Å².